The maximum absolute atomic E-state index is 13.5. The summed E-state index contributed by atoms with van der Waals surface area (Å²) in [5, 5.41) is 9.17. The molecule has 78 valence electrons. The molecule has 0 aromatic heterocycles. The first-order chi connectivity index (χ1) is 6.53. The van der Waals surface area contributed by atoms with Crippen LogP contribution in [0.5, 0.6) is 5.75 Å². The van der Waals surface area contributed by atoms with Gasteiger partial charge >= 0.3 is 0 Å². The summed E-state index contributed by atoms with van der Waals surface area (Å²) < 4.78 is 18.6. The first-order valence-corrected chi connectivity index (χ1v) is 4.47. The number of aliphatic hydroxyl groups is 1. The van der Waals surface area contributed by atoms with Gasteiger partial charge in [0.15, 0.2) is 0 Å². The minimum Gasteiger partial charge on any atom is -0.496 e. The van der Waals surface area contributed by atoms with Gasteiger partial charge in [0.2, 0.25) is 0 Å². The number of rotatable bonds is 3. The molecule has 0 heterocycles. The molecule has 0 aliphatic carbocycles. The lowest BCUT2D eigenvalue weighted by atomic mass is 9.84. The van der Waals surface area contributed by atoms with Crippen LogP contribution in [0.2, 0.25) is 0 Å². The fourth-order valence-corrected chi connectivity index (χ4v) is 1.41. The summed E-state index contributed by atoms with van der Waals surface area (Å²) in [6.45, 7) is 3.42. The Hall–Kier alpha value is -1.09. The average molecular weight is 198 g/mol. The molecule has 0 radical (unpaired) electrons. The number of benzene rings is 1. The van der Waals surface area contributed by atoms with Crippen LogP contribution in [0.3, 0.4) is 0 Å². The summed E-state index contributed by atoms with van der Waals surface area (Å²) in [5.74, 6) is 0.132. The van der Waals surface area contributed by atoms with Gasteiger partial charge in [-0.05, 0) is 12.1 Å². The summed E-state index contributed by atoms with van der Waals surface area (Å²) in [5.41, 5.74) is -0.207. The minimum absolute atomic E-state index is 0.121. The van der Waals surface area contributed by atoms with Crippen LogP contribution in [0.15, 0.2) is 18.2 Å². The van der Waals surface area contributed by atoms with Gasteiger partial charge in [0, 0.05) is 11.0 Å². The number of hydrogen-bond acceptors (Lipinski definition) is 2. The van der Waals surface area contributed by atoms with E-state index in [2.05, 4.69) is 0 Å². The zero-order valence-corrected chi connectivity index (χ0v) is 8.67. The Morgan fingerprint density at radius 3 is 2.57 bits per heavy atom. The zero-order valence-electron chi connectivity index (χ0n) is 8.67. The van der Waals surface area contributed by atoms with Crippen LogP contribution in [0.4, 0.5) is 4.39 Å². The Bertz CT molecular complexity index is 321. The van der Waals surface area contributed by atoms with E-state index in [0.717, 1.165) is 0 Å². The summed E-state index contributed by atoms with van der Waals surface area (Å²) in [4.78, 5) is 0. The van der Waals surface area contributed by atoms with Gasteiger partial charge in [-0.25, -0.2) is 4.39 Å². The van der Waals surface area contributed by atoms with E-state index in [1.54, 1.807) is 26.0 Å². The molecule has 2 nitrogen and oxygen atoms in total. The first-order valence-electron chi connectivity index (χ1n) is 4.47. The normalized spacial score (nSPS) is 11.5. The van der Waals surface area contributed by atoms with Crippen LogP contribution in [-0.4, -0.2) is 18.8 Å². The summed E-state index contributed by atoms with van der Waals surface area (Å²) in [6.07, 6.45) is 0. The number of aliphatic hydroxyl groups excluding tert-OH is 1. The van der Waals surface area contributed by atoms with Gasteiger partial charge in [-0.3, -0.25) is 0 Å². The molecular formula is C11H15FO2. The Kier molecular flexibility index (Phi) is 3.11. The maximum atomic E-state index is 13.5. The highest BCUT2D eigenvalue weighted by molar-refractivity contribution is 5.40. The van der Waals surface area contributed by atoms with Crippen LogP contribution in [0.1, 0.15) is 19.4 Å². The molecule has 0 saturated heterocycles. The van der Waals surface area contributed by atoms with Crippen molar-refractivity contribution in [3.8, 4) is 5.75 Å². The van der Waals surface area contributed by atoms with Crippen LogP contribution in [0, 0.1) is 5.82 Å². The Labute approximate surface area is 83.3 Å². The zero-order chi connectivity index (χ0) is 10.8. The predicted octanol–water partition coefficient (Wildman–Crippen LogP) is 2.10. The number of hydrogen-bond donors (Lipinski definition) is 1. The standard InChI is InChI=1S/C11H15FO2/c1-11(2,7-13)10-8(12)5-4-6-9(10)14-3/h4-6,13H,7H2,1-3H3. The molecule has 0 fully saturated rings. The lowest BCUT2D eigenvalue weighted by Crippen LogP contribution is -2.24. The van der Waals surface area contributed by atoms with Gasteiger partial charge in [-0.2, -0.15) is 0 Å². The summed E-state index contributed by atoms with van der Waals surface area (Å²) in [6, 6.07) is 4.65. The summed E-state index contributed by atoms with van der Waals surface area (Å²) >= 11 is 0. The minimum atomic E-state index is -0.628. The number of ether oxygens (including phenoxy) is 1. The van der Waals surface area contributed by atoms with Crippen molar-refractivity contribution in [2.45, 2.75) is 19.3 Å². The third-order valence-corrected chi connectivity index (χ3v) is 2.27. The van der Waals surface area contributed by atoms with Crippen molar-refractivity contribution in [2.24, 2.45) is 0 Å². The molecule has 0 saturated carbocycles. The van der Waals surface area contributed by atoms with Gasteiger partial charge in [0.05, 0.1) is 13.7 Å². The Balaban J connectivity index is 3.30. The second kappa shape index (κ2) is 3.96. The first kappa shape index (κ1) is 11.0. The quantitative estimate of drug-likeness (QED) is 0.806. The highest BCUT2D eigenvalue weighted by Gasteiger charge is 2.26. The highest BCUT2D eigenvalue weighted by atomic mass is 19.1. The van der Waals surface area contributed by atoms with Crippen LogP contribution in [0.25, 0.3) is 0 Å². The molecule has 1 rings (SSSR count). The van der Waals surface area contributed by atoms with E-state index in [1.807, 2.05) is 0 Å². The van der Waals surface area contributed by atoms with Crippen LogP contribution >= 0.6 is 0 Å². The van der Waals surface area contributed by atoms with Gasteiger partial charge in [-0.15, -0.1) is 0 Å². The van der Waals surface area contributed by atoms with E-state index >= 15 is 0 Å². The maximum Gasteiger partial charge on any atom is 0.130 e. The molecule has 1 aromatic carbocycles. The molecule has 0 unspecified atom stereocenters. The van der Waals surface area contributed by atoms with Gasteiger partial charge in [0.25, 0.3) is 0 Å². The molecular weight excluding hydrogens is 183 g/mol. The van der Waals surface area contributed by atoms with Gasteiger partial charge < -0.3 is 9.84 Å². The molecule has 3 heteroatoms. The topological polar surface area (TPSA) is 29.5 Å². The van der Waals surface area contributed by atoms with Gasteiger partial charge in [-0.1, -0.05) is 19.9 Å². The number of methoxy groups -OCH3 is 1. The van der Waals surface area contributed by atoms with Crippen molar-refractivity contribution in [3.05, 3.63) is 29.6 Å². The van der Waals surface area contributed by atoms with Crippen molar-refractivity contribution in [1.82, 2.24) is 0 Å². The van der Waals surface area contributed by atoms with E-state index in [4.69, 9.17) is 9.84 Å². The number of halogens is 1. The second-order valence-corrected chi connectivity index (χ2v) is 3.86. The summed E-state index contributed by atoms with van der Waals surface area (Å²) in [7, 11) is 1.49. The SMILES string of the molecule is COc1cccc(F)c1C(C)(C)CO. The fraction of sp³-hybridized carbons (Fsp3) is 0.455. The van der Waals surface area contributed by atoms with E-state index < -0.39 is 5.41 Å². The van der Waals surface area contributed by atoms with Crippen molar-refractivity contribution < 1.29 is 14.2 Å². The monoisotopic (exact) mass is 198 g/mol. The fourth-order valence-electron chi connectivity index (χ4n) is 1.41. The van der Waals surface area contributed by atoms with E-state index in [1.165, 1.54) is 13.2 Å². The molecule has 0 spiro atoms. The van der Waals surface area contributed by atoms with E-state index in [0.29, 0.717) is 11.3 Å². The van der Waals surface area contributed by atoms with Crippen molar-refractivity contribution in [3.63, 3.8) is 0 Å². The molecule has 0 bridgehead atoms. The molecule has 0 aliphatic rings. The van der Waals surface area contributed by atoms with E-state index in [9.17, 15) is 4.39 Å². The van der Waals surface area contributed by atoms with Gasteiger partial charge in [0.1, 0.15) is 11.6 Å². The second-order valence-electron chi connectivity index (χ2n) is 3.86. The van der Waals surface area contributed by atoms with Crippen molar-refractivity contribution >= 4 is 0 Å². The average Bonchev–Trinajstić information content (AvgIpc) is 2.17. The predicted molar refractivity (Wildman–Crippen MR) is 53.1 cm³/mol. The molecule has 0 atom stereocenters. The largest absolute Gasteiger partial charge is 0.496 e. The molecule has 0 aliphatic heterocycles. The lowest BCUT2D eigenvalue weighted by molar-refractivity contribution is 0.211. The van der Waals surface area contributed by atoms with Crippen LogP contribution < -0.4 is 4.74 Å². The molecule has 1 aromatic rings. The van der Waals surface area contributed by atoms with Crippen molar-refractivity contribution in [2.75, 3.05) is 13.7 Å². The highest BCUT2D eigenvalue weighted by Crippen LogP contribution is 2.33. The molecule has 1 N–H and O–H groups in total. The van der Waals surface area contributed by atoms with E-state index in [-0.39, 0.29) is 12.4 Å². The van der Waals surface area contributed by atoms with Crippen molar-refractivity contribution in [1.29, 1.82) is 0 Å². The third-order valence-electron chi connectivity index (χ3n) is 2.27. The third kappa shape index (κ3) is 1.87. The molecule has 0 amide bonds. The Morgan fingerprint density at radius 2 is 2.07 bits per heavy atom. The lowest BCUT2D eigenvalue weighted by Gasteiger charge is -2.24. The molecule has 14 heavy (non-hydrogen) atoms. The smallest absolute Gasteiger partial charge is 0.130 e. The Morgan fingerprint density at radius 1 is 1.43 bits per heavy atom. The van der Waals surface area contributed by atoms with Crippen LogP contribution in [-0.2, 0) is 5.41 Å².